The summed E-state index contributed by atoms with van der Waals surface area (Å²) in [7, 11) is 0. The molecule has 0 aromatic carbocycles. The Balaban J connectivity index is 2.35. The topological polar surface area (TPSA) is 63.8 Å². The van der Waals surface area contributed by atoms with Gasteiger partial charge in [-0.1, -0.05) is 0 Å². The fraction of sp³-hybridized carbons (Fsp3) is 0.833. The Morgan fingerprint density at radius 3 is 2.73 bits per heavy atom. The number of rotatable bonds is 3. The minimum absolute atomic E-state index is 0.647. The molecule has 0 atom stereocenters. The summed E-state index contributed by atoms with van der Waals surface area (Å²) in [5.74, 6) is 0. The van der Waals surface area contributed by atoms with Crippen LogP contribution in [0.3, 0.4) is 0 Å². The lowest BCUT2D eigenvalue weighted by Gasteiger charge is -2.15. The Morgan fingerprint density at radius 1 is 1.55 bits per heavy atom. The maximum atomic E-state index is 9.33. The second-order valence-electron chi connectivity index (χ2n) is 3.14. The molecule has 1 aromatic heterocycles. The standard InChI is InChI=1S/C6H12N4O/c1-6(2,11)3-4-10-5-7-8-9-10/h5,11H,3-4H2,1-2H3. The first-order chi connectivity index (χ1) is 5.08. The van der Waals surface area contributed by atoms with E-state index in [4.69, 9.17) is 0 Å². The van der Waals surface area contributed by atoms with Gasteiger partial charge in [0.15, 0.2) is 0 Å². The maximum absolute atomic E-state index is 9.33. The normalized spacial score (nSPS) is 11.9. The first-order valence-corrected chi connectivity index (χ1v) is 3.51. The van der Waals surface area contributed by atoms with Gasteiger partial charge in [0, 0.05) is 6.54 Å². The van der Waals surface area contributed by atoms with E-state index in [1.807, 2.05) is 0 Å². The molecule has 0 saturated carbocycles. The van der Waals surface area contributed by atoms with Gasteiger partial charge in [-0.25, -0.2) is 4.68 Å². The molecule has 1 aromatic rings. The van der Waals surface area contributed by atoms with Crippen LogP contribution in [0.4, 0.5) is 0 Å². The Bertz CT molecular complexity index is 201. The molecule has 62 valence electrons. The molecule has 0 aliphatic rings. The number of nitrogens with zero attached hydrogens (tertiary/aromatic N) is 4. The third-order valence-electron chi connectivity index (χ3n) is 1.34. The second-order valence-corrected chi connectivity index (χ2v) is 3.14. The van der Waals surface area contributed by atoms with E-state index < -0.39 is 5.60 Å². The summed E-state index contributed by atoms with van der Waals surface area (Å²) in [4.78, 5) is 0. The van der Waals surface area contributed by atoms with Crippen molar-refractivity contribution in [2.24, 2.45) is 0 Å². The van der Waals surface area contributed by atoms with Crippen LogP contribution in [-0.2, 0) is 6.54 Å². The first kappa shape index (κ1) is 8.13. The Kier molecular flexibility index (Phi) is 2.19. The molecule has 0 aliphatic carbocycles. The number of aromatic nitrogens is 4. The zero-order chi connectivity index (χ0) is 8.32. The molecule has 1 heterocycles. The van der Waals surface area contributed by atoms with Gasteiger partial charge < -0.3 is 5.11 Å². The molecule has 0 aliphatic heterocycles. The molecule has 5 nitrogen and oxygen atoms in total. The molecule has 0 radical (unpaired) electrons. The van der Waals surface area contributed by atoms with Crippen LogP contribution in [0.1, 0.15) is 20.3 Å². The van der Waals surface area contributed by atoms with Crippen LogP contribution < -0.4 is 0 Å². The van der Waals surface area contributed by atoms with Gasteiger partial charge in [-0.05, 0) is 30.7 Å². The van der Waals surface area contributed by atoms with E-state index in [1.165, 1.54) is 6.33 Å². The summed E-state index contributed by atoms with van der Waals surface area (Å²) in [5, 5.41) is 19.9. The van der Waals surface area contributed by atoms with Crippen molar-refractivity contribution in [2.75, 3.05) is 0 Å². The van der Waals surface area contributed by atoms with Crippen LogP contribution >= 0.6 is 0 Å². The van der Waals surface area contributed by atoms with Gasteiger partial charge in [-0.2, -0.15) is 0 Å². The second kappa shape index (κ2) is 2.96. The highest BCUT2D eigenvalue weighted by atomic mass is 16.3. The summed E-state index contributed by atoms with van der Waals surface area (Å²) < 4.78 is 1.60. The number of hydrogen-bond acceptors (Lipinski definition) is 4. The first-order valence-electron chi connectivity index (χ1n) is 3.51. The zero-order valence-electron chi connectivity index (χ0n) is 6.73. The number of aryl methyl sites for hydroxylation is 1. The SMILES string of the molecule is CC(C)(O)CCn1cnnn1. The van der Waals surface area contributed by atoms with Gasteiger partial charge in [-0.3, -0.25) is 0 Å². The van der Waals surface area contributed by atoms with Crippen LogP contribution in [0.15, 0.2) is 6.33 Å². The molecule has 0 saturated heterocycles. The molecule has 11 heavy (non-hydrogen) atoms. The molecule has 0 amide bonds. The van der Waals surface area contributed by atoms with E-state index in [1.54, 1.807) is 18.5 Å². The maximum Gasteiger partial charge on any atom is 0.138 e. The summed E-state index contributed by atoms with van der Waals surface area (Å²) in [6, 6.07) is 0. The van der Waals surface area contributed by atoms with E-state index >= 15 is 0 Å². The van der Waals surface area contributed by atoms with Crippen LogP contribution in [0.5, 0.6) is 0 Å². The fourth-order valence-corrected chi connectivity index (χ4v) is 0.671. The molecular weight excluding hydrogens is 144 g/mol. The van der Waals surface area contributed by atoms with Crippen LogP contribution in [0.2, 0.25) is 0 Å². The lowest BCUT2D eigenvalue weighted by molar-refractivity contribution is 0.0649. The molecule has 1 N–H and O–H groups in total. The average molecular weight is 156 g/mol. The van der Waals surface area contributed by atoms with Crippen molar-refractivity contribution in [3.05, 3.63) is 6.33 Å². The van der Waals surface area contributed by atoms with Gasteiger partial charge in [-0.15, -0.1) is 5.10 Å². The van der Waals surface area contributed by atoms with Crippen LogP contribution in [0.25, 0.3) is 0 Å². The van der Waals surface area contributed by atoms with Gasteiger partial charge in [0.25, 0.3) is 0 Å². The van der Waals surface area contributed by atoms with Crippen molar-refractivity contribution in [1.29, 1.82) is 0 Å². The largest absolute Gasteiger partial charge is 0.390 e. The highest BCUT2D eigenvalue weighted by Gasteiger charge is 2.11. The van der Waals surface area contributed by atoms with Crippen molar-refractivity contribution in [2.45, 2.75) is 32.4 Å². The molecule has 0 bridgehead atoms. The van der Waals surface area contributed by atoms with E-state index in [0.717, 1.165) is 0 Å². The number of hydrogen-bond donors (Lipinski definition) is 1. The molecule has 5 heteroatoms. The van der Waals surface area contributed by atoms with Crippen molar-refractivity contribution >= 4 is 0 Å². The van der Waals surface area contributed by atoms with Gasteiger partial charge in [0.05, 0.1) is 5.60 Å². The minimum Gasteiger partial charge on any atom is -0.390 e. The van der Waals surface area contributed by atoms with Gasteiger partial charge >= 0.3 is 0 Å². The minimum atomic E-state index is -0.647. The van der Waals surface area contributed by atoms with Gasteiger partial charge in [0.1, 0.15) is 6.33 Å². The highest BCUT2D eigenvalue weighted by molar-refractivity contribution is 4.64. The van der Waals surface area contributed by atoms with Crippen LogP contribution in [-0.4, -0.2) is 30.9 Å². The van der Waals surface area contributed by atoms with E-state index in [-0.39, 0.29) is 0 Å². The summed E-state index contributed by atoms with van der Waals surface area (Å²) >= 11 is 0. The molecular formula is C6H12N4O. The Hall–Kier alpha value is -0.970. The third-order valence-corrected chi connectivity index (χ3v) is 1.34. The highest BCUT2D eigenvalue weighted by Crippen LogP contribution is 2.07. The number of tetrazole rings is 1. The lowest BCUT2D eigenvalue weighted by atomic mass is 10.1. The van der Waals surface area contributed by atoms with E-state index in [0.29, 0.717) is 13.0 Å². The van der Waals surface area contributed by atoms with Crippen molar-refractivity contribution in [1.82, 2.24) is 20.2 Å². The quantitative estimate of drug-likeness (QED) is 0.660. The molecule has 0 spiro atoms. The predicted molar refractivity (Wildman–Crippen MR) is 38.7 cm³/mol. The Morgan fingerprint density at radius 2 is 2.27 bits per heavy atom. The molecule has 0 fully saturated rings. The van der Waals surface area contributed by atoms with Crippen molar-refractivity contribution < 1.29 is 5.11 Å². The van der Waals surface area contributed by atoms with E-state index in [9.17, 15) is 5.11 Å². The van der Waals surface area contributed by atoms with Crippen LogP contribution in [0, 0.1) is 0 Å². The summed E-state index contributed by atoms with van der Waals surface area (Å²) in [6.07, 6.45) is 2.18. The number of aliphatic hydroxyl groups is 1. The average Bonchev–Trinajstić information content (AvgIpc) is 2.32. The van der Waals surface area contributed by atoms with Crippen molar-refractivity contribution in [3.63, 3.8) is 0 Å². The lowest BCUT2D eigenvalue weighted by Crippen LogP contribution is -2.21. The summed E-state index contributed by atoms with van der Waals surface area (Å²) in [6.45, 7) is 4.17. The predicted octanol–water partition coefficient (Wildman–Crippen LogP) is -0.166. The van der Waals surface area contributed by atoms with Gasteiger partial charge in [0.2, 0.25) is 0 Å². The van der Waals surface area contributed by atoms with Crippen molar-refractivity contribution in [3.8, 4) is 0 Å². The smallest absolute Gasteiger partial charge is 0.138 e. The third kappa shape index (κ3) is 3.08. The fourth-order valence-electron chi connectivity index (χ4n) is 0.671. The zero-order valence-corrected chi connectivity index (χ0v) is 6.73. The Labute approximate surface area is 65.0 Å². The monoisotopic (exact) mass is 156 g/mol. The van der Waals surface area contributed by atoms with E-state index in [2.05, 4.69) is 15.5 Å². The molecule has 0 unspecified atom stereocenters. The summed E-state index contributed by atoms with van der Waals surface area (Å²) in [5.41, 5.74) is -0.647. The molecule has 1 rings (SSSR count).